The summed E-state index contributed by atoms with van der Waals surface area (Å²) < 4.78 is 14.2. The van der Waals surface area contributed by atoms with Crippen molar-refractivity contribution >= 4 is 61.7 Å². The molecule has 1 heterocycles. The molecule has 0 bridgehead atoms. The quantitative estimate of drug-likeness (QED) is 0.536. The van der Waals surface area contributed by atoms with Crippen molar-refractivity contribution in [2.45, 2.75) is 0 Å². The highest BCUT2D eigenvalue weighted by Gasteiger charge is 2.13. The minimum atomic E-state index is -0.400. The van der Waals surface area contributed by atoms with E-state index in [1.807, 2.05) is 22.6 Å². The van der Waals surface area contributed by atoms with Crippen molar-refractivity contribution in [3.63, 3.8) is 0 Å². The van der Waals surface area contributed by atoms with Gasteiger partial charge in [0.1, 0.15) is 11.0 Å². The highest BCUT2D eigenvalue weighted by atomic mass is 127. The van der Waals surface area contributed by atoms with Crippen LogP contribution in [0.4, 0.5) is 10.1 Å². The summed E-state index contributed by atoms with van der Waals surface area (Å²) in [6, 6.07) is 5.67. The summed E-state index contributed by atoms with van der Waals surface area (Å²) in [7, 11) is 0. The van der Waals surface area contributed by atoms with Gasteiger partial charge in [-0.15, -0.1) is 0 Å². The van der Waals surface area contributed by atoms with Crippen LogP contribution in [0.25, 0.3) is 0 Å². The Morgan fingerprint density at radius 3 is 2.84 bits per heavy atom. The molecule has 2 aromatic rings. The molecule has 0 aliphatic carbocycles. The molecule has 98 valence electrons. The van der Waals surface area contributed by atoms with Crippen molar-refractivity contribution < 1.29 is 9.18 Å². The average Bonchev–Trinajstić information content (AvgIpc) is 2.35. The van der Waals surface area contributed by atoms with Gasteiger partial charge >= 0.3 is 0 Å². The van der Waals surface area contributed by atoms with Crippen molar-refractivity contribution in [3.8, 4) is 0 Å². The zero-order valence-electron chi connectivity index (χ0n) is 9.25. The Morgan fingerprint density at radius 1 is 1.42 bits per heavy atom. The average molecular weight is 455 g/mol. The first-order valence-electron chi connectivity index (χ1n) is 5.05. The molecule has 1 aromatic heterocycles. The van der Waals surface area contributed by atoms with Crippen LogP contribution in [0.3, 0.4) is 0 Å². The van der Waals surface area contributed by atoms with Gasteiger partial charge in [0.05, 0.1) is 11.3 Å². The van der Waals surface area contributed by atoms with E-state index >= 15 is 0 Å². The Balaban J connectivity index is 2.28. The van der Waals surface area contributed by atoms with Gasteiger partial charge in [-0.1, -0.05) is 11.6 Å². The SMILES string of the molecule is O=C(Nc1ccc(F)cc1I)c1cc(Br)cnc1Cl. The number of hydrogen-bond acceptors (Lipinski definition) is 2. The summed E-state index contributed by atoms with van der Waals surface area (Å²) in [6.45, 7) is 0. The monoisotopic (exact) mass is 454 g/mol. The van der Waals surface area contributed by atoms with E-state index in [-0.39, 0.29) is 16.5 Å². The summed E-state index contributed by atoms with van der Waals surface area (Å²) in [4.78, 5) is 15.9. The number of amides is 1. The van der Waals surface area contributed by atoms with Crippen molar-refractivity contribution in [1.29, 1.82) is 0 Å². The molecular formula is C12H6BrClFIN2O. The fourth-order valence-electron chi connectivity index (χ4n) is 1.36. The van der Waals surface area contributed by atoms with Gasteiger partial charge in [-0.05, 0) is 62.8 Å². The van der Waals surface area contributed by atoms with Crippen molar-refractivity contribution in [2.24, 2.45) is 0 Å². The van der Waals surface area contributed by atoms with E-state index in [0.717, 1.165) is 0 Å². The number of anilines is 1. The number of rotatable bonds is 2. The molecule has 2 rings (SSSR count). The van der Waals surface area contributed by atoms with Crippen LogP contribution in [-0.2, 0) is 0 Å². The molecule has 1 amide bonds. The second-order valence-corrected chi connectivity index (χ2v) is 6.01. The van der Waals surface area contributed by atoms with Crippen LogP contribution in [0.2, 0.25) is 5.15 Å². The lowest BCUT2D eigenvalue weighted by Crippen LogP contribution is -2.14. The van der Waals surface area contributed by atoms with Gasteiger partial charge in [-0.2, -0.15) is 0 Å². The third kappa shape index (κ3) is 3.64. The third-order valence-corrected chi connectivity index (χ3v) is 3.86. The standard InChI is InChI=1S/C12H6BrClFIN2O/c13-6-3-8(11(14)17-5-6)12(19)18-10-2-1-7(15)4-9(10)16/h1-5H,(H,18,19). The van der Waals surface area contributed by atoms with Crippen molar-refractivity contribution in [3.05, 3.63) is 55.0 Å². The van der Waals surface area contributed by atoms with Gasteiger partial charge in [0.15, 0.2) is 0 Å². The van der Waals surface area contributed by atoms with Crippen LogP contribution in [0.1, 0.15) is 10.4 Å². The molecule has 0 fully saturated rings. The second-order valence-electron chi connectivity index (χ2n) is 3.57. The Labute approximate surface area is 135 Å². The van der Waals surface area contributed by atoms with E-state index in [9.17, 15) is 9.18 Å². The molecule has 0 aliphatic rings. The lowest BCUT2D eigenvalue weighted by atomic mass is 10.2. The van der Waals surface area contributed by atoms with E-state index in [2.05, 4.69) is 26.2 Å². The Bertz CT molecular complexity index is 654. The normalized spacial score (nSPS) is 10.3. The molecule has 0 radical (unpaired) electrons. The fraction of sp³-hybridized carbons (Fsp3) is 0. The molecule has 7 heteroatoms. The predicted molar refractivity (Wildman–Crippen MR) is 84.0 cm³/mol. The summed E-state index contributed by atoms with van der Waals surface area (Å²) in [5, 5.41) is 2.77. The van der Waals surface area contributed by atoms with E-state index < -0.39 is 5.91 Å². The molecule has 0 saturated heterocycles. The zero-order valence-corrected chi connectivity index (χ0v) is 13.8. The van der Waals surface area contributed by atoms with E-state index in [4.69, 9.17) is 11.6 Å². The van der Waals surface area contributed by atoms with Crippen LogP contribution in [0.5, 0.6) is 0 Å². The number of benzene rings is 1. The highest BCUT2D eigenvalue weighted by Crippen LogP contribution is 2.22. The van der Waals surface area contributed by atoms with E-state index in [0.29, 0.717) is 13.7 Å². The van der Waals surface area contributed by atoms with Crippen LogP contribution in [0.15, 0.2) is 34.9 Å². The summed E-state index contributed by atoms with van der Waals surface area (Å²) in [5.41, 5.74) is 0.763. The molecule has 0 atom stereocenters. The molecular weight excluding hydrogens is 449 g/mol. The topological polar surface area (TPSA) is 42.0 Å². The molecule has 0 unspecified atom stereocenters. The predicted octanol–water partition coefficient (Wildman–Crippen LogP) is 4.49. The Kier molecular flexibility index (Phi) is 4.75. The smallest absolute Gasteiger partial charge is 0.258 e. The summed E-state index contributed by atoms with van der Waals surface area (Å²) in [6.07, 6.45) is 1.50. The van der Waals surface area contributed by atoms with E-state index in [1.165, 1.54) is 24.4 Å². The zero-order chi connectivity index (χ0) is 14.0. The van der Waals surface area contributed by atoms with Gasteiger partial charge in [-0.3, -0.25) is 4.79 Å². The summed E-state index contributed by atoms with van der Waals surface area (Å²) in [5.74, 6) is -0.757. The maximum absolute atomic E-state index is 13.0. The van der Waals surface area contributed by atoms with Crippen molar-refractivity contribution in [2.75, 3.05) is 5.32 Å². The lowest BCUT2D eigenvalue weighted by molar-refractivity contribution is 0.102. The number of halogens is 4. The van der Waals surface area contributed by atoms with Gasteiger partial charge in [0, 0.05) is 14.2 Å². The Hall–Kier alpha value is -0.730. The fourth-order valence-corrected chi connectivity index (χ4v) is 2.49. The highest BCUT2D eigenvalue weighted by molar-refractivity contribution is 14.1. The van der Waals surface area contributed by atoms with Gasteiger partial charge in [-0.25, -0.2) is 9.37 Å². The molecule has 3 nitrogen and oxygen atoms in total. The van der Waals surface area contributed by atoms with Gasteiger partial charge < -0.3 is 5.32 Å². The summed E-state index contributed by atoms with van der Waals surface area (Å²) >= 11 is 11.0. The van der Waals surface area contributed by atoms with E-state index in [1.54, 1.807) is 6.07 Å². The van der Waals surface area contributed by atoms with Crippen molar-refractivity contribution in [1.82, 2.24) is 4.98 Å². The first-order valence-corrected chi connectivity index (χ1v) is 7.30. The van der Waals surface area contributed by atoms with Crippen LogP contribution < -0.4 is 5.32 Å². The third-order valence-electron chi connectivity index (χ3n) is 2.23. The van der Waals surface area contributed by atoms with Gasteiger partial charge in [0.2, 0.25) is 0 Å². The number of nitrogens with zero attached hydrogens (tertiary/aromatic N) is 1. The largest absolute Gasteiger partial charge is 0.321 e. The second kappa shape index (κ2) is 6.15. The first kappa shape index (κ1) is 14.7. The molecule has 19 heavy (non-hydrogen) atoms. The molecule has 1 N–H and O–H groups in total. The maximum Gasteiger partial charge on any atom is 0.258 e. The number of carbonyl (C=O) groups is 1. The molecule has 1 aromatic carbocycles. The number of pyridine rings is 1. The number of hydrogen-bond donors (Lipinski definition) is 1. The maximum atomic E-state index is 13.0. The number of aromatic nitrogens is 1. The minimum Gasteiger partial charge on any atom is -0.321 e. The molecule has 0 saturated carbocycles. The first-order chi connectivity index (χ1) is 8.97. The lowest BCUT2D eigenvalue weighted by Gasteiger charge is -2.08. The minimum absolute atomic E-state index is 0.109. The van der Waals surface area contributed by atoms with Gasteiger partial charge in [0.25, 0.3) is 5.91 Å². The number of carbonyl (C=O) groups excluding carboxylic acids is 1. The molecule has 0 aliphatic heterocycles. The number of nitrogens with one attached hydrogen (secondary N) is 1. The van der Waals surface area contributed by atoms with Crippen LogP contribution in [-0.4, -0.2) is 10.9 Å². The molecule has 0 spiro atoms. The van der Waals surface area contributed by atoms with Crippen LogP contribution in [0, 0.1) is 9.39 Å². The van der Waals surface area contributed by atoms with Crippen LogP contribution >= 0.6 is 50.1 Å². The Morgan fingerprint density at radius 2 is 2.16 bits per heavy atom.